The summed E-state index contributed by atoms with van der Waals surface area (Å²) >= 11 is 1.47. The quantitative estimate of drug-likeness (QED) is 0.556. The summed E-state index contributed by atoms with van der Waals surface area (Å²) in [6, 6.07) is 5.75. The van der Waals surface area contributed by atoms with E-state index in [1.807, 2.05) is 11.0 Å². The summed E-state index contributed by atoms with van der Waals surface area (Å²) in [7, 11) is 0. The molecular formula is C20H27N3O3S. The zero-order chi connectivity index (χ0) is 19.4. The van der Waals surface area contributed by atoms with Gasteiger partial charge < -0.3 is 14.2 Å². The second kappa shape index (κ2) is 8.78. The first kappa shape index (κ1) is 19.7. The summed E-state index contributed by atoms with van der Waals surface area (Å²) in [6.45, 7) is 7.92. The zero-order valence-corrected chi connectivity index (χ0v) is 17.1. The number of likely N-dealkylation sites (tertiary alicyclic amines) is 1. The van der Waals surface area contributed by atoms with Crippen LogP contribution >= 0.6 is 11.8 Å². The van der Waals surface area contributed by atoms with Crippen molar-refractivity contribution in [3.63, 3.8) is 0 Å². The fourth-order valence-electron chi connectivity index (χ4n) is 3.54. The highest BCUT2D eigenvalue weighted by Crippen LogP contribution is 2.26. The van der Waals surface area contributed by atoms with E-state index in [1.165, 1.54) is 18.2 Å². The molecule has 2 aromatic rings. The van der Waals surface area contributed by atoms with Gasteiger partial charge in [-0.1, -0.05) is 11.8 Å². The van der Waals surface area contributed by atoms with Crippen molar-refractivity contribution in [3.05, 3.63) is 23.8 Å². The van der Waals surface area contributed by atoms with Gasteiger partial charge in [-0.3, -0.25) is 4.79 Å². The first-order valence-corrected chi connectivity index (χ1v) is 10.6. The lowest BCUT2D eigenvalue weighted by atomic mass is 10.0. The van der Waals surface area contributed by atoms with E-state index in [0.717, 1.165) is 42.1 Å². The first-order chi connectivity index (χ1) is 13.0. The summed E-state index contributed by atoms with van der Waals surface area (Å²) in [5.74, 6) is 0.223. The molecule has 1 aromatic heterocycles. The fraction of sp³-hybridized carbons (Fsp3) is 0.550. The Balaban J connectivity index is 1.77. The minimum Gasteiger partial charge on any atom is -0.462 e. The van der Waals surface area contributed by atoms with Crippen LogP contribution in [0.25, 0.3) is 11.0 Å². The molecule has 27 heavy (non-hydrogen) atoms. The van der Waals surface area contributed by atoms with Gasteiger partial charge in [0, 0.05) is 19.1 Å². The van der Waals surface area contributed by atoms with E-state index in [9.17, 15) is 9.59 Å². The molecule has 3 rings (SSSR count). The molecule has 0 bridgehead atoms. The molecule has 0 saturated carbocycles. The smallest absolute Gasteiger partial charge is 0.338 e. The maximum absolute atomic E-state index is 12.6. The number of piperidine rings is 1. The monoisotopic (exact) mass is 389 g/mol. The average Bonchev–Trinajstić information content (AvgIpc) is 3.03. The number of fused-ring (bicyclic) bond motifs is 1. The first-order valence-electron chi connectivity index (χ1n) is 9.64. The maximum atomic E-state index is 12.6. The second-order valence-electron chi connectivity index (χ2n) is 6.78. The van der Waals surface area contributed by atoms with E-state index in [1.54, 1.807) is 19.1 Å². The number of aryl methyl sites for hydroxylation is 1. The van der Waals surface area contributed by atoms with Crippen molar-refractivity contribution in [3.8, 4) is 0 Å². The van der Waals surface area contributed by atoms with Crippen molar-refractivity contribution >= 4 is 34.7 Å². The normalized spacial score (nSPS) is 17.3. The van der Waals surface area contributed by atoms with Gasteiger partial charge in [-0.2, -0.15) is 0 Å². The summed E-state index contributed by atoms with van der Waals surface area (Å²) < 4.78 is 7.15. The SMILES string of the molecule is CCOC(=O)c1ccc2c(c1)nc(SCC(=O)N1CCCCC1C)n2CC. The molecule has 7 heteroatoms. The van der Waals surface area contributed by atoms with Crippen LogP contribution < -0.4 is 0 Å². The molecule has 1 aliphatic heterocycles. The predicted molar refractivity (Wildman–Crippen MR) is 107 cm³/mol. The van der Waals surface area contributed by atoms with E-state index < -0.39 is 0 Å². The Labute approximate surface area is 164 Å². The summed E-state index contributed by atoms with van der Waals surface area (Å²) in [4.78, 5) is 31.2. The number of hydrogen-bond acceptors (Lipinski definition) is 5. The van der Waals surface area contributed by atoms with Crippen molar-refractivity contribution < 1.29 is 14.3 Å². The Hall–Kier alpha value is -2.02. The van der Waals surface area contributed by atoms with Crippen LogP contribution in [0.2, 0.25) is 0 Å². The van der Waals surface area contributed by atoms with Gasteiger partial charge in [0.2, 0.25) is 5.91 Å². The molecule has 1 aliphatic rings. The number of thioether (sulfide) groups is 1. The lowest BCUT2D eigenvalue weighted by Crippen LogP contribution is -2.42. The lowest BCUT2D eigenvalue weighted by molar-refractivity contribution is -0.131. The number of ether oxygens (including phenoxy) is 1. The van der Waals surface area contributed by atoms with Crippen LogP contribution in [-0.2, 0) is 16.1 Å². The molecule has 1 unspecified atom stereocenters. The Morgan fingerprint density at radius 2 is 2.11 bits per heavy atom. The molecule has 0 aliphatic carbocycles. The van der Waals surface area contributed by atoms with Crippen LogP contribution in [0, 0.1) is 0 Å². The summed E-state index contributed by atoms with van der Waals surface area (Å²) in [5, 5.41) is 0.812. The molecule has 1 atom stereocenters. The van der Waals surface area contributed by atoms with Gasteiger partial charge in [0.1, 0.15) is 0 Å². The van der Waals surface area contributed by atoms with E-state index >= 15 is 0 Å². The Morgan fingerprint density at radius 3 is 2.81 bits per heavy atom. The van der Waals surface area contributed by atoms with Gasteiger partial charge in [-0.05, 0) is 58.2 Å². The highest BCUT2D eigenvalue weighted by molar-refractivity contribution is 7.99. The molecule has 1 saturated heterocycles. The molecule has 1 fully saturated rings. The Morgan fingerprint density at radius 1 is 1.30 bits per heavy atom. The molecule has 0 spiro atoms. The van der Waals surface area contributed by atoms with Gasteiger partial charge in [-0.15, -0.1) is 0 Å². The van der Waals surface area contributed by atoms with Crippen LogP contribution in [0.15, 0.2) is 23.4 Å². The number of benzene rings is 1. The number of carbonyl (C=O) groups excluding carboxylic acids is 2. The van der Waals surface area contributed by atoms with E-state index in [-0.39, 0.29) is 11.9 Å². The minimum absolute atomic E-state index is 0.175. The molecule has 6 nitrogen and oxygen atoms in total. The van der Waals surface area contributed by atoms with Gasteiger partial charge in [0.25, 0.3) is 0 Å². The number of amides is 1. The van der Waals surface area contributed by atoms with Gasteiger partial charge in [0.15, 0.2) is 5.16 Å². The third-order valence-corrected chi connectivity index (χ3v) is 5.95. The molecular weight excluding hydrogens is 362 g/mol. The minimum atomic E-state index is -0.339. The number of imidazole rings is 1. The van der Waals surface area contributed by atoms with Gasteiger partial charge >= 0.3 is 5.97 Å². The van der Waals surface area contributed by atoms with Crippen LogP contribution in [0.5, 0.6) is 0 Å². The number of carbonyl (C=O) groups is 2. The van der Waals surface area contributed by atoms with Crippen LogP contribution in [0.4, 0.5) is 0 Å². The van der Waals surface area contributed by atoms with Crippen molar-refractivity contribution in [1.82, 2.24) is 14.5 Å². The van der Waals surface area contributed by atoms with Crippen molar-refractivity contribution in [2.45, 2.75) is 57.8 Å². The summed E-state index contributed by atoms with van der Waals surface area (Å²) in [6.07, 6.45) is 3.37. The number of nitrogens with zero attached hydrogens (tertiary/aromatic N) is 3. The molecule has 2 heterocycles. The van der Waals surface area contributed by atoms with Crippen molar-refractivity contribution in [1.29, 1.82) is 0 Å². The number of aromatic nitrogens is 2. The molecule has 0 radical (unpaired) electrons. The highest BCUT2D eigenvalue weighted by atomic mass is 32.2. The van der Waals surface area contributed by atoms with Gasteiger partial charge in [0.05, 0.1) is 29.0 Å². The largest absolute Gasteiger partial charge is 0.462 e. The fourth-order valence-corrected chi connectivity index (χ4v) is 4.51. The van der Waals surface area contributed by atoms with Crippen LogP contribution in [0.3, 0.4) is 0 Å². The zero-order valence-electron chi connectivity index (χ0n) is 16.2. The maximum Gasteiger partial charge on any atom is 0.338 e. The number of esters is 1. The third-order valence-electron chi connectivity index (χ3n) is 4.99. The highest BCUT2D eigenvalue weighted by Gasteiger charge is 2.24. The van der Waals surface area contributed by atoms with Crippen molar-refractivity contribution in [2.24, 2.45) is 0 Å². The molecule has 0 N–H and O–H groups in total. The number of rotatable bonds is 6. The number of hydrogen-bond donors (Lipinski definition) is 0. The average molecular weight is 390 g/mol. The van der Waals surface area contributed by atoms with E-state index in [0.29, 0.717) is 24.0 Å². The Kier molecular flexibility index (Phi) is 6.42. The molecule has 1 amide bonds. The third kappa shape index (κ3) is 4.29. The lowest BCUT2D eigenvalue weighted by Gasteiger charge is -2.33. The van der Waals surface area contributed by atoms with Crippen molar-refractivity contribution in [2.75, 3.05) is 18.9 Å². The topological polar surface area (TPSA) is 64.4 Å². The summed E-state index contributed by atoms with van der Waals surface area (Å²) in [5.41, 5.74) is 2.22. The van der Waals surface area contributed by atoms with E-state index in [4.69, 9.17) is 4.74 Å². The van der Waals surface area contributed by atoms with Crippen LogP contribution in [-0.4, -0.2) is 51.3 Å². The van der Waals surface area contributed by atoms with E-state index in [2.05, 4.69) is 23.4 Å². The second-order valence-corrected chi connectivity index (χ2v) is 7.73. The van der Waals surface area contributed by atoms with Crippen LogP contribution in [0.1, 0.15) is 50.4 Å². The molecule has 1 aromatic carbocycles. The predicted octanol–water partition coefficient (Wildman–Crippen LogP) is 3.73. The Bertz CT molecular complexity index is 833. The molecule has 146 valence electrons. The van der Waals surface area contributed by atoms with Gasteiger partial charge in [-0.25, -0.2) is 9.78 Å². The standard InChI is InChI=1S/C20H27N3O3S/c1-4-22-17-10-9-15(19(25)26-5-2)12-16(17)21-20(22)27-13-18(24)23-11-7-6-8-14(23)3/h9-10,12,14H,4-8,11,13H2,1-3H3.